The SMILES string of the molecule is C#CCCCCNCCS(N)(=O)=O. The number of nitrogens with one attached hydrogen (secondary N) is 1. The molecule has 0 amide bonds. The van der Waals surface area contributed by atoms with Crippen LogP contribution >= 0.6 is 0 Å². The largest absolute Gasteiger partial charge is 0.316 e. The van der Waals surface area contributed by atoms with Gasteiger partial charge in [0, 0.05) is 13.0 Å². The topological polar surface area (TPSA) is 72.2 Å². The van der Waals surface area contributed by atoms with Crippen LogP contribution in [0.15, 0.2) is 0 Å². The zero-order valence-electron chi connectivity index (χ0n) is 7.62. The summed E-state index contributed by atoms with van der Waals surface area (Å²) < 4.78 is 21.0. The van der Waals surface area contributed by atoms with Crippen molar-refractivity contribution in [2.24, 2.45) is 5.14 Å². The van der Waals surface area contributed by atoms with Gasteiger partial charge in [-0.25, -0.2) is 13.6 Å². The molecule has 3 N–H and O–H groups in total. The van der Waals surface area contributed by atoms with Crippen LogP contribution in [-0.4, -0.2) is 27.3 Å². The molecule has 0 bridgehead atoms. The molecule has 5 heteroatoms. The van der Waals surface area contributed by atoms with E-state index in [0.717, 1.165) is 25.8 Å². The Bertz CT molecular complexity index is 254. The lowest BCUT2D eigenvalue weighted by atomic mass is 10.2. The Morgan fingerprint density at radius 3 is 2.54 bits per heavy atom. The van der Waals surface area contributed by atoms with Crippen LogP contribution in [-0.2, 0) is 10.0 Å². The summed E-state index contributed by atoms with van der Waals surface area (Å²) >= 11 is 0. The molecule has 0 fully saturated rings. The van der Waals surface area contributed by atoms with E-state index in [9.17, 15) is 8.42 Å². The van der Waals surface area contributed by atoms with Crippen LogP contribution in [0.5, 0.6) is 0 Å². The number of terminal acetylenes is 1. The average Bonchev–Trinajstić information content (AvgIpc) is 2.01. The summed E-state index contributed by atoms with van der Waals surface area (Å²) in [7, 11) is -3.32. The van der Waals surface area contributed by atoms with Gasteiger partial charge in [-0.15, -0.1) is 12.3 Å². The Morgan fingerprint density at radius 2 is 2.00 bits per heavy atom. The Morgan fingerprint density at radius 1 is 1.31 bits per heavy atom. The van der Waals surface area contributed by atoms with Crippen molar-refractivity contribution in [2.75, 3.05) is 18.8 Å². The minimum atomic E-state index is -3.32. The smallest absolute Gasteiger partial charge is 0.210 e. The van der Waals surface area contributed by atoms with Crippen LogP contribution in [0.1, 0.15) is 19.3 Å². The Labute approximate surface area is 79.9 Å². The van der Waals surface area contributed by atoms with Gasteiger partial charge >= 0.3 is 0 Å². The molecule has 13 heavy (non-hydrogen) atoms. The van der Waals surface area contributed by atoms with Crippen molar-refractivity contribution in [3.8, 4) is 12.3 Å². The standard InChI is InChI=1S/C8H16N2O2S/c1-2-3-4-5-6-10-7-8-13(9,11)12/h1,10H,3-8H2,(H2,9,11,12). The highest BCUT2D eigenvalue weighted by Crippen LogP contribution is 1.90. The van der Waals surface area contributed by atoms with Gasteiger partial charge in [-0.2, -0.15) is 0 Å². The molecule has 0 atom stereocenters. The normalized spacial score (nSPS) is 11.1. The monoisotopic (exact) mass is 204 g/mol. The lowest BCUT2D eigenvalue weighted by molar-refractivity contribution is 0.589. The van der Waals surface area contributed by atoms with Gasteiger partial charge in [0.05, 0.1) is 5.75 Å². The number of nitrogens with two attached hydrogens (primary N) is 1. The number of primary sulfonamides is 1. The first kappa shape index (κ1) is 12.4. The van der Waals surface area contributed by atoms with Gasteiger partial charge in [0.25, 0.3) is 0 Å². The van der Waals surface area contributed by atoms with Crippen molar-refractivity contribution in [3.63, 3.8) is 0 Å². The lowest BCUT2D eigenvalue weighted by Crippen LogP contribution is -2.27. The summed E-state index contributed by atoms with van der Waals surface area (Å²) in [5, 5.41) is 7.78. The summed E-state index contributed by atoms with van der Waals surface area (Å²) in [6, 6.07) is 0. The molecule has 76 valence electrons. The van der Waals surface area contributed by atoms with Gasteiger partial charge in [-0.05, 0) is 19.4 Å². The van der Waals surface area contributed by atoms with Crippen LogP contribution in [0.2, 0.25) is 0 Å². The van der Waals surface area contributed by atoms with Crippen molar-refractivity contribution in [2.45, 2.75) is 19.3 Å². The highest BCUT2D eigenvalue weighted by Gasteiger charge is 1.99. The number of sulfonamides is 1. The summed E-state index contributed by atoms with van der Waals surface area (Å²) in [6.45, 7) is 1.20. The molecule has 0 heterocycles. The Kier molecular flexibility index (Phi) is 6.59. The summed E-state index contributed by atoms with van der Waals surface area (Å²) in [5.74, 6) is 2.53. The van der Waals surface area contributed by atoms with E-state index in [0.29, 0.717) is 6.54 Å². The zero-order valence-corrected chi connectivity index (χ0v) is 8.44. The average molecular weight is 204 g/mol. The first-order valence-electron chi connectivity index (χ1n) is 4.21. The predicted molar refractivity (Wildman–Crippen MR) is 53.5 cm³/mol. The van der Waals surface area contributed by atoms with Gasteiger partial charge in [0.15, 0.2) is 0 Å². The van der Waals surface area contributed by atoms with Crippen molar-refractivity contribution >= 4 is 10.0 Å². The fraction of sp³-hybridized carbons (Fsp3) is 0.750. The number of rotatable bonds is 7. The van der Waals surface area contributed by atoms with Crippen LogP contribution < -0.4 is 10.5 Å². The maximum Gasteiger partial charge on any atom is 0.210 e. The third-order valence-corrected chi connectivity index (χ3v) is 2.26. The van der Waals surface area contributed by atoms with Gasteiger partial charge < -0.3 is 5.32 Å². The molecule has 0 aromatic carbocycles. The fourth-order valence-corrected chi connectivity index (χ4v) is 1.25. The lowest BCUT2D eigenvalue weighted by Gasteiger charge is -2.01. The fourth-order valence-electron chi connectivity index (χ4n) is 0.816. The highest BCUT2D eigenvalue weighted by molar-refractivity contribution is 7.89. The van der Waals surface area contributed by atoms with E-state index in [1.807, 2.05) is 0 Å². The third kappa shape index (κ3) is 11.4. The van der Waals surface area contributed by atoms with Crippen molar-refractivity contribution in [3.05, 3.63) is 0 Å². The molecule has 0 aliphatic carbocycles. The second kappa shape index (κ2) is 6.89. The van der Waals surface area contributed by atoms with Crippen molar-refractivity contribution in [1.29, 1.82) is 0 Å². The van der Waals surface area contributed by atoms with Crippen LogP contribution in [0, 0.1) is 12.3 Å². The quantitative estimate of drug-likeness (QED) is 0.440. The number of hydrogen-bond acceptors (Lipinski definition) is 3. The molecule has 0 spiro atoms. The Balaban J connectivity index is 3.14. The first-order valence-corrected chi connectivity index (χ1v) is 5.92. The number of hydrogen-bond donors (Lipinski definition) is 2. The maximum absolute atomic E-state index is 10.5. The molecule has 0 aromatic rings. The van der Waals surface area contributed by atoms with E-state index >= 15 is 0 Å². The first-order chi connectivity index (χ1) is 6.06. The molecular formula is C8H16N2O2S. The zero-order chi connectivity index (χ0) is 10.2. The summed E-state index contributed by atoms with van der Waals surface area (Å²) in [5.41, 5.74) is 0. The molecule has 0 aliphatic heterocycles. The molecule has 0 saturated heterocycles. The molecule has 0 saturated carbocycles. The second-order valence-electron chi connectivity index (χ2n) is 2.78. The van der Waals surface area contributed by atoms with Gasteiger partial charge in [-0.3, -0.25) is 0 Å². The van der Waals surface area contributed by atoms with Crippen LogP contribution in [0.3, 0.4) is 0 Å². The molecule has 0 rings (SSSR count). The van der Waals surface area contributed by atoms with E-state index in [-0.39, 0.29) is 5.75 Å². The van der Waals surface area contributed by atoms with E-state index in [2.05, 4.69) is 11.2 Å². The van der Waals surface area contributed by atoms with Crippen molar-refractivity contribution in [1.82, 2.24) is 5.32 Å². The molecule has 4 nitrogen and oxygen atoms in total. The number of unbranched alkanes of at least 4 members (excludes halogenated alkanes) is 2. The summed E-state index contributed by atoms with van der Waals surface area (Å²) in [6.07, 6.45) is 7.77. The Hall–Kier alpha value is -0.570. The molecule has 0 radical (unpaired) electrons. The third-order valence-electron chi connectivity index (χ3n) is 1.49. The van der Waals surface area contributed by atoms with Crippen molar-refractivity contribution < 1.29 is 8.42 Å². The molecule has 0 aromatic heterocycles. The summed E-state index contributed by atoms with van der Waals surface area (Å²) in [4.78, 5) is 0. The van der Waals surface area contributed by atoms with E-state index in [4.69, 9.17) is 11.6 Å². The molecule has 0 aliphatic rings. The van der Waals surface area contributed by atoms with Crippen LogP contribution in [0.25, 0.3) is 0 Å². The second-order valence-corrected chi connectivity index (χ2v) is 4.51. The molecular weight excluding hydrogens is 188 g/mol. The van der Waals surface area contributed by atoms with Gasteiger partial charge in [0.2, 0.25) is 10.0 Å². The van der Waals surface area contributed by atoms with E-state index in [1.165, 1.54) is 0 Å². The van der Waals surface area contributed by atoms with Crippen LogP contribution in [0.4, 0.5) is 0 Å². The molecule has 0 unspecified atom stereocenters. The minimum absolute atomic E-state index is 0.0118. The van der Waals surface area contributed by atoms with E-state index in [1.54, 1.807) is 0 Å². The minimum Gasteiger partial charge on any atom is -0.316 e. The highest BCUT2D eigenvalue weighted by atomic mass is 32.2. The van der Waals surface area contributed by atoms with Gasteiger partial charge in [-0.1, -0.05) is 0 Å². The predicted octanol–water partition coefficient (Wildman–Crippen LogP) is -0.332. The van der Waals surface area contributed by atoms with E-state index < -0.39 is 10.0 Å². The maximum atomic E-state index is 10.5. The van der Waals surface area contributed by atoms with Gasteiger partial charge in [0.1, 0.15) is 0 Å².